The Morgan fingerprint density at radius 1 is 0.381 bits per heavy atom. The van der Waals surface area contributed by atoms with Crippen molar-refractivity contribution in [3.05, 3.63) is 84.9 Å². The minimum atomic E-state index is 0. The highest BCUT2D eigenvalue weighted by molar-refractivity contribution is 6.05. The van der Waals surface area contributed by atoms with E-state index in [-0.39, 0.29) is 17.4 Å². The van der Waals surface area contributed by atoms with E-state index < -0.39 is 0 Å². The van der Waals surface area contributed by atoms with Crippen LogP contribution in [0.4, 0.5) is 0 Å². The molecule has 3 radical (unpaired) electrons. The van der Waals surface area contributed by atoms with Gasteiger partial charge in [-0.3, -0.25) is 0 Å². The second kappa shape index (κ2) is 5.74. The first kappa shape index (κ1) is 13.9. The van der Waals surface area contributed by atoms with Gasteiger partial charge in [-0.2, -0.15) is 0 Å². The summed E-state index contributed by atoms with van der Waals surface area (Å²) in [5.41, 5.74) is 2.61. The molecule has 97 valence electrons. The Labute approximate surface area is 135 Å². The first-order chi connectivity index (χ1) is 9.93. The quantitative estimate of drug-likeness (QED) is 0.416. The molecule has 0 spiro atoms. The van der Waals surface area contributed by atoms with Crippen molar-refractivity contribution in [3.63, 3.8) is 0 Å². The van der Waals surface area contributed by atoms with Crippen LogP contribution in [0, 0.1) is 0 Å². The van der Waals surface area contributed by atoms with Crippen LogP contribution >= 0.6 is 0 Å². The zero-order valence-electron chi connectivity index (χ0n) is 11.7. The summed E-state index contributed by atoms with van der Waals surface area (Å²) in [4.78, 5) is 0. The molecule has 1 heteroatoms. The molecule has 0 bridgehead atoms. The third-order valence-electron chi connectivity index (χ3n) is 3.87. The molecule has 0 N–H and O–H groups in total. The van der Waals surface area contributed by atoms with Crippen LogP contribution in [0.1, 0.15) is 0 Å². The van der Waals surface area contributed by atoms with Crippen molar-refractivity contribution in [2.24, 2.45) is 0 Å². The molecular formula is C20H14Al. The van der Waals surface area contributed by atoms with Gasteiger partial charge in [-0.1, -0.05) is 84.9 Å². The molecule has 0 aliphatic carbocycles. The van der Waals surface area contributed by atoms with E-state index in [1.165, 1.54) is 32.7 Å². The summed E-state index contributed by atoms with van der Waals surface area (Å²) in [5.74, 6) is 0. The molecule has 0 saturated heterocycles. The van der Waals surface area contributed by atoms with E-state index >= 15 is 0 Å². The SMILES string of the molecule is [Al].c1ccc2c(-c3cccc4ccccc34)cccc2c1. The summed E-state index contributed by atoms with van der Waals surface area (Å²) < 4.78 is 0. The lowest BCUT2D eigenvalue weighted by molar-refractivity contribution is 1.68. The molecule has 4 rings (SSSR count). The maximum absolute atomic E-state index is 2.21. The van der Waals surface area contributed by atoms with E-state index in [9.17, 15) is 0 Å². The molecule has 0 saturated carbocycles. The molecule has 0 unspecified atom stereocenters. The van der Waals surface area contributed by atoms with Gasteiger partial charge in [-0.15, -0.1) is 0 Å². The van der Waals surface area contributed by atoms with E-state index in [1.54, 1.807) is 0 Å². The Kier molecular flexibility index (Phi) is 3.80. The fourth-order valence-corrected chi connectivity index (χ4v) is 2.92. The van der Waals surface area contributed by atoms with Crippen molar-refractivity contribution in [3.8, 4) is 11.1 Å². The number of rotatable bonds is 1. The van der Waals surface area contributed by atoms with E-state index in [1.807, 2.05) is 0 Å². The summed E-state index contributed by atoms with van der Waals surface area (Å²) in [6, 6.07) is 30.2. The molecule has 4 aromatic carbocycles. The van der Waals surface area contributed by atoms with Gasteiger partial charge in [0.05, 0.1) is 0 Å². The first-order valence-electron chi connectivity index (χ1n) is 6.89. The van der Waals surface area contributed by atoms with Crippen LogP contribution in [-0.4, -0.2) is 17.4 Å². The monoisotopic (exact) mass is 281 g/mol. The third-order valence-corrected chi connectivity index (χ3v) is 3.87. The van der Waals surface area contributed by atoms with Crippen LogP contribution in [-0.2, 0) is 0 Å². The van der Waals surface area contributed by atoms with Crippen LogP contribution in [0.25, 0.3) is 32.7 Å². The highest BCUT2D eigenvalue weighted by atomic mass is 27.0. The van der Waals surface area contributed by atoms with Crippen molar-refractivity contribution in [1.29, 1.82) is 0 Å². The van der Waals surface area contributed by atoms with E-state index in [2.05, 4.69) is 84.9 Å². The van der Waals surface area contributed by atoms with Crippen molar-refractivity contribution >= 4 is 38.9 Å². The van der Waals surface area contributed by atoms with Crippen molar-refractivity contribution < 1.29 is 0 Å². The largest absolute Gasteiger partial charge is 0.0616 e. The Balaban J connectivity index is 0.00000132. The summed E-state index contributed by atoms with van der Waals surface area (Å²) in [6.07, 6.45) is 0. The Bertz CT molecular complexity index is 821. The fraction of sp³-hybridized carbons (Fsp3) is 0. The fourth-order valence-electron chi connectivity index (χ4n) is 2.92. The summed E-state index contributed by atoms with van der Waals surface area (Å²) in [7, 11) is 0. The Hall–Kier alpha value is -2.07. The van der Waals surface area contributed by atoms with Crippen LogP contribution in [0.15, 0.2) is 84.9 Å². The normalized spacial score (nSPS) is 10.5. The van der Waals surface area contributed by atoms with Crippen molar-refractivity contribution in [2.45, 2.75) is 0 Å². The topological polar surface area (TPSA) is 0 Å². The summed E-state index contributed by atoms with van der Waals surface area (Å²) in [5, 5.41) is 5.20. The highest BCUT2D eigenvalue weighted by Gasteiger charge is 2.06. The van der Waals surface area contributed by atoms with Crippen LogP contribution in [0.3, 0.4) is 0 Å². The van der Waals surface area contributed by atoms with Gasteiger partial charge in [-0.25, -0.2) is 0 Å². The Morgan fingerprint density at radius 3 is 1.24 bits per heavy atom. The minimum Gasteiger partial charge on any atom is -0.0616 e. The average molecular weight is 281 g/mol. The molecule has 0 aromatic heterocycles. The maximum Gasteiger partial charge on any atom is 0 e. The predicted octanol–water partition coefficient (Wildman–Crippen LogP) is 5.28. The number of hydrogen-bond acceptors (Lipinski definition) is 0. The molecule has 0 fully saturated rings. The summed E-state index contributed by atoms with van der Waals surface area (Å²) in [6.45, 7) is 0. The van der Waals surface area contributed by atoms with Gasteiger partial charge < -0.3 is 0 Å². The minimum absolute atomic E-state index is 0. The zero-order chi connectivity index (χ0) is 13.4. The van der Waals surface area contributed by atoms with Gasteiger partial charge >= 0.3 is 0 Å². The molecular weight excluding hydrogens is 267 g/mol. The molecule has 4 aromatic rings. The lowest BCUT2D eigenvalue weighted by Gasteiger charge is -2.10. The zero-order valence-corrected chi connectivity index (χ0v) is 12.8. The molecule has 0 atom stereocenters. The van der Waals surface area contributed by atoms with Gasteiger partial charge in [0.15, 0.2) is 0 Å². The lowest BCUT2D eigenvalue weighted by atomic mass is 9.94. The standard InChI is InChI=1S/C20H14.Al/c1-3-11-17-15(7-1)9-5-13-19(17)20-14-6-10-16-8-2-4-12-18(16)20;/h1-14H;. The number of hydrogen-bond donors (Lipinski definition) is 0. The number of fused-ring (bicyclic) bond motifs is 2. The second-order valence-electron chi connectivity index (χ2n) is 5.05. The van der Waals surface area contributed by atoms with Crippen molar-refractivity contribution in [1.82, 2.24) is 0 Å². The highest BCUT2D eigenvalue weighted by Crippen LogP contribution is 2.33. The molecule has 0 aliphatic heterocycles. The van der Waals surface area contributed by atoms with E-state index in [0.29, 0.717) is 0 Å². The molecule has 0 nitrogen and oxygen atoms in total. The first-order valence-corrected chi connectivity index (χ1v) is 6.89. The van der Waals surface area contributed by atoms with Crippen molar-refractivity contribution in [2.75, 3.05) is 0 Å². The second-order valence-corrected chi connectivity index (χ2v) is 5.05. The average Bonchev–Trinajstić information content (AvgIpc) is 2.54. The van der Waals surface area contributed by atoms with Crippen LogP contribution in [0.2, 0.25) is 0 Å². The van der Waals surface area contributed by atoms with Gasteiger partial charge in [0.2, 0.25) is 0 Å². The predicted molar refractivity (Wildman–Crippen MR) is 92.6 cm³/mol. The summed E-state index contributed by atoms with van der Waals surface area (Å²) >= 11 is 0. The molecule has 0 amide bonds. The van der Waals surface area contributed by atoms with Gasteiger partial charge in [0.25, 0.3) is 0 Å². The van der Waals surface area contributed by atoms with E-state index in [4.69, 9.17) is 0 Å². The molecule has 0 aliphatic rings. The Morgan fingerprint density at radius 2 is 0.762 bits per heavy atom. The van der Waals surface area contributed by atoms with Crippen LogP contribution < -0.4 is 0 Å². The van der Waals surface area contributed by atoms with Gasteiger partial charge in [-0.05, 0) is 32.7 Å². The molecule has 21 heavy (non-hydrogen) atoms. The lowest BCUT2D eigenvalue weighted by Crippen LogP contribution is -1.83. The van der Waals surface area contributed by atoms with Crippen LogP contribution in [0.5, 0.6) is 0 Å². The van der Waals surface area contributed by atoms with E-state index in [0.717, 1.165) is 0 Å². The maximum atomic E-state index is 2.21. The third kappa shape index (κ3) is 2.36. The van der Waals surface area contributed by atoms with Gasteiger partial charge in [0, 0.05) is 17.4 Å². The smallest absolute Gasteiger partial charge is 0 e. The molecule has 0 heterocycles. The number of benzene rings is 4. The van der Waals surface area contributed by atoms with Gasteiger partial charge in [0.1, 0.15) is 0 Å².